The quantitative estimate of drug-likeness (QED) is 0.669. The summed E-state index contributed by atoms with van der Waals surface area (Å²) in [5.74, 6) is 1.80. The minimum Gasteiger partial charge on any atom is -0.423 e. The van der Waals surface area contributed by atoms with E-state index in [4.69, 9.17) is 9.15 Å². The monoisotopic (exact) mass is 459 g/mol. The van der Waals surface area contributed by atoms with E-state index >= 15 is 0 Å². The average molecular weight is 460 g/mol. The number of nitrogens with zero attached hydrogens (tertiary/aromatic N) is 5. The Morgan fingerprint density at radius 1 is 1.06 bits per heavy atom. The molecule has 4 heterocycles. The number of rotatable bonds is 5. The van der Waals surface area contributed by atoms with E-state index in [-0.39, 0.29) is 23.3 Å². The average Bonchev–Trinajstić information content (AvgIpc) is 3.46. The Bertz CT molecular complexity index is 792. The molecule has 1 atom stereocenters. The third-order valence-electron chi connectivity index (χ3n) is 8.49. The Kier molecular flexibility index (Phi) is 7.04. The SMILES string of the molecule is CC(C)c1nnc(C2CC3(CCN(C4CCCCC4)CC3)CN2CC(=O)N2CCOCC2)o1. The van der Waals surface area contributed by atoms with E-state index in [1.807, 2.05) is 4.90 Å². The summed E-state index contributed by atoms with van der Waals surface area (Å²) in [7, 11) is 0. The molecule has 1 aliphatic carbocycles. The summed E-state index contributed by atoms with van der Waals surface area (Å²) < 4.78 is 11.6. The van der Waals surface area contributed by atoms with Crippen molar-refractivity contribution in [3.05, 3.63) is 11.8 Å². The van der Waals surface area contributed by atoms with Gasteiger partial charge in [0.2, 0.25) is 17.7 Å². The highest BCUT2D eigenvalue weighted by Gasteiger charge is 2.49. The summed E-state index contributed by atoms with van der Waals surface area (Å²) in [4.78, 5) is 20.2. The predicted octanol–water partition coefficient (Wildman–Crippen LogP) is 3.21. The van der Waals surface area contributed by atoms with Crippen molar-refractivity contribution in [2.24, 2.45) is 5.41 Å². The van der Waals surface area contributed by atoms with Crippen molar-refractivity contribution in [1.82, 2.24) is 24.9 Å². The van der Waals surface area contributed by atoms with E-state index in [2.05, 4.69) is 33.8 Å². The number of amides is 1. The minimum absolute atomic E-state index is 0.0382. The molecule has 8 heteroatoms. The van der Waals surface area contributed by atoms with Crippen molar-refractivity contribution in [3.8, 4) is 0 Å². The van der Waals surface area contributed by atoms with Crippen LogP contribution in [0.3, 0.4) is 0 Å². The molecule has 0 bridgehead atoms. The molecule has 8 nitrogen and oxygen atoms in total. The molecule has 4 aliphatic rings. The van der Waals surface area contributed by atoms with Crippen LogP contribution in [0.25, 0.3) is 0 Å². The van der Waals surface area contributed by atoms with E-state index in [0.29, 0.717) is 44.6 Å². The topological polar surface area (TPSA) is 74.9 Å². The van der Waals surface area contributed by atoms with Crippen LogP contribution < -0.4 is 0 Å². The fraction of sp³-hybridized carbons (Fsp3) is 0.880. The number of carbonyl (C=O) groups is 1. The Morgan fingerprint density at radius 2 is 1.79 bits per heavy atom. The van der Waals surface area contributed by atoms with E-state index in [0.717, 1.165) is 19.0 Å². The lowest BCUT2D eigenvalue weighted by Crippen LogP contribution is -2.48. The summed E-state index contributed by atoms with van der Waals surface area (Å²) in [6, 6.07) is 0.827. The maximum atomic E-state index is 13.1. The second-order valence-electron chi connectivity index (χ2n) is 11.1. The van der Waals surface area contributed by atoms with Gasteiger partial charge in [0.25, 0.3) is 0 Å². The van der Waals surface area contributed by atoms with Crippen molar-refractivity contribution in [1.29, 1.82) is 0 Å². The van der Waals surface area contributed by atoms with Gasteiger partial charge >= 0.3 is 0 Å². The van der Waals surface area contributed by atoms with Crippen LogP contribution in [0.4, 0.5) is 0 Å². The first-order chi connectivity index (χ1) is 16.0. The first-order valence-corrected chi connectivity index (χ1v) is 13.2. The molecule has 5 rings (SSSR count). The molecule has 1 saturated carbocycles. The molecular formula is C25H41N5O3. The molecule has 0 radical (unpaired) electrons. The van der Waals surface area contributed by atoms with Crippen LogP contribution in [0.15, 0.2) is 4.42 Å². The standard InChI is InChI=1S/C25H41N5O3/c1-19(2)23-26-27-24(33-23)21-16-25(8-10-28(11-9-25)20-6-4-3-5-7-20)18-30(21)17-22(31)29-12-14-32-15-13-29/h19-21H,3-18H2,1-2H3. The number of carbonyl (C=O) groups excluding carboxylic acids is 1. The van der Waals surface area contributed by atoms with Crippen LogP contribution in [-0.2, 0) is 9.53 Å². The van der Waals surface area contributed by atoms with Crippen molar-refractivity contribution in [2.45, 2.75) is 83.2 Å². The molecule has 184 valence electrons. The lowest BCUT2D eigenvalue weighted by Gasteiger charge is -2.43. The molecule has 1 aromatic rings. The van der Waals surface area contributed by atoms with Crippen molar-refractivity contribution < 1.29 is 13.9 Å². The van der Waals surface area contributed by atoms with Crippen LogP contribution >= 0.6 is 0 Å². The second kappa shape index (κ2) is 10.0. The van der Waals surface area contributed by atoms with Gasteiger partial charge in [-0.3, -0.25) is 9.69 Å². The van der Waals surface area contributed by atoms with Gasteiger partial charge in [-0.1, -0.05) is 33.1 Å². The van der Waals surface area contributed by atoms with Gasteiger partial charge in [-0.2, -0.15) is 0 Å². The van der Waals surface area contributed by atoms with E-state index in [1.54, 1.807) is 0 Å². The van der Waals surface area contributed by atoms with Crippen LogP contribution in [-0.4, -0.2) is 89.3 Å². The largest absolute Gasteiger partial charge is 0.423 e. The number of ether oxygens (including phenoxy) is 1. The maximum absolute atomic E-state index is 13.1. The zero-order valence-corrected chi connectivity index (χ0v) is 20.5. The Labute approximate surface area is 198 Å². The highest BCUT2D eigenvalue weighted by Crippen LogP contribution is 2.49. The first-order valence-electron chi connectivity index (χ1n) is 13.2. The van der Waals surface area contributed by atoms with Crippen molar-refractivity contribution in [2.75, 3.05) is 52.5 Å². The number of morpholine rings is 1. The summed E-state index contributed by atoms with van der Waals surface area (Å²) in [5.41, 5.74) is 0.244. The van der Waals surface area contributed by atoms with Gasteiger partial charge in [0.1, 0.15) is 0 Å². The van der Waals surface area contributed by atoms with Crippen LogP contribution in [0.5, 0.6) is 0 Å². The molecule has 33 heavy (non-hydrogen) atoms. The third kappa shape index (κ3) is 5.13. The number of hydrogen-bond donors (Lipinski definition) is 0. The van der Waals surface area contributed by atoms with Crippen LogP contribution in [0.1, 0.15) is 89.0 Å². The summed E-state index contributed by atoms with van der Waals surface area (Å²) in [6.07, 6.45) is 10.3. The molecule has 1 unspecified atom stereocenters. The molecule has 1 spiro atoms. The highest BCUT2D eigenvalue weighted by atomic mass is 16.5. The van der Waals surface area contributed by atoms with Crippen molar-refractivity contribution >= 4 is 5.91 Å². The number of hydrogen-bond acceptors (Lipinski definition) is 7. The second-order valence-corrected chi connectivity index (χ2v) is 11.1. The van der Waals surface area contributed by atoms with Gasteiger partial charge in [0.15, 0.2) is 0 Å². The molecule has 3 aliphatic heterocycles. The third-order valence-corrected chi connectivity index (χ3v) is 8.49. The van der Waals surface area contributed by atoms with Gasteiger partial charge in [0, 0.05) is 31.6 Å². The number of likely N-dealkylation sites (tertiary alicyclic amines) is 2. The summed E-state index contributed by atoms with van der Waals surface area (Å²) >= 11 is 0. The molecule has 3 saturated heterocycles. The van der Waals surface area contributed by atoms with Gasteiger partial charge in [-0.25, -0.2) is 0 Å². The zero-order chi connectivity index (χ0) is 22.8. The Morgan fingerprint density at radius 3 is 2.45 bits per heavy atom. The number of piperidine rings is 1. The fourth-order valence-corrected chi connectivity index (χ4v) is 6.43. The van der Waals surface area contributed by atoms with Crippen molar-refractivity contribution in [3.63, 3.8) is 0 Å². The molecular weight excluding hydrogens is 418 g/mol. The van der Waals surface area contributed by atoms with Gasteiger partial charge in [0.05, 0.1) is 25.8 Å². The minimum atomic E-state index is 0.0382. The lowest BCUT2D eigenvalue weighted by molar-refractivity contribution is -0.136. The maximum Gasteiger partial charge on any atom is 0.236 e. The van der Waals surface area contributed by atoms with Gasteiger partial charge in [-0.15, -0.1) is 10.2 Å². The molecule has 1 amide bonds. The first kappa shape index (κ1) is 23.2. The number of aromatic nitrogens is 2. The van der Waals surface area contributed by atoms with E-state index in [1.165, 1.54) is 58.0 Å². The lowest BCUT2D eigenvalue weighted by atomic mass is 9.76. The molecule has 4 fully saturated rings. The fourth-order valence-electron chi connectivity index (χ4n) is 6.43. The van der Waals surface area contributed by atoms with E-state index < -0.39 is 0 Å². The summed E-state index contributed by atoms with van der Waals surface area (Å²) in [6.45, 7) is 10.6. The van der Waals surface area contributed by atoms with Crippen LogP contribution in [0, 0.1) is 5.41 Å². The molecule has 1 aromatic heterocycles. The van der Waals surface area contributed by atoms with Gasteiger partial charge in [-0.05, 0) is 50.6 Å². The predicted molar refractivity (Wildman–Crippen MR) is 125 cm³/mol. The normalized spacial score (nSPS) is 27.6. The van der Waals surface area contributed by atoms with Crippen LogP contribution in [0.2, 0.25) is 0 Å². The van der Waals surface area contributed by atoms with Gasteiger partial charge < -0.3 is 19.0 Å². The highest BCUT2D eigenvalue weighted by molar-refractivity contribution is 5.78. The zero-order valence-electron chi connectivity index (χ0n) is 20.5. The smallest absolute Gasteiger partial charge is 0.236 e. The summed E-state index contributed by atoms with van der Waals surface area (Å²) in [5, 5.41) is 8.75. The van der Waals surface area contributed by atoms with E-state index in [9.17, 15) is 4.79 Å². The Balaban J connectivity index is 1.29. The molecule has 0 N–H and O–H groups in total. The Hall–Kier alpha value is -1.51. The molecule has 0 aromatic carbocycles.